The second-order valence-corrected chi connectivity index (χ2v) is 4.64. The molecule has 0 amide bonds. The molecular weight excluding hydrogens is 270 g/mol. The molecule has 0 aromatic carbocycles. The number of anilines is 1. The third kappa shape index (κ3) is 1.44. The zero-order valence-electron chi connectivity index (χ0n) is 9.74. The second-order valence-electron chi connectivity index (χ2n) is 3.84. The summed E-state index contributed by atoms with van der Waals surface area (Å²) in [5.41, 5.74) is 9.45. The minimum atomic E-state index is 0.667. The van der Waals surface area contributed by atoms with Gasteiger partial charge in [0.25, 0.3) is 0 Å². The first kappa shape index (κ1) is 11.2. The van der Waals surface area contributed by atoms with Crippen LogP contribution >= 0.6 is 15.9 Å². The summed E-state index contributed by atoms with van der Waals surface area (Å²) >= 11 is 3.50. The van der Waals surface area contributed by atoms with Crippen molar-refractivity contribution in [2.45, 2.75) is 20.8 Å². The van der Waals surface area contributed by atoms with Crippen molar-refractivity contribution in [1.82, 2.24) is 19.6 Å². The van der Waals surface area contributed by atoms with Gasteiger partial charge in [0.05, 0.1) is 27.2 Å². The van der Waals surface area contributed by atoms with Crippen molar-refractivity contribution >= 4 is 21.6 Å². The Morgan fingerprint density at radius 3 is 2.12 bits per heavy atom. The third-order valence-corrected chi connectivity index (χ3v) is 3.79. The van der Waals surface area contributed by atoms with Gasteiger partial charge in [0, 0.05) is 7.05 Å². The highest BCUT2D eigenvalue weighted by Gasteiger charge is 2.17. The summed E-state index contributed by atoms with van der Waals surface area (Å²) in [5.74, 6) is 0.809. The van der Waals surface area contributed by atoms with E-state index in [1.54, 1.807) is 4.68 Å². The van der Waals surface area contributed by atoms with Crippen LogP contribution in [0.3, 0.4) is 0 Å². The van der Waals surface area contributed by atoms with E-state index in [1.165, 1.54) is 0 Å². The molecule has 2 N–H and O–H groups in total. The van der Waals surface area contributed by atoms with Gasteiger partial charge in [0.15, 0.2) is 5.82 Å². The first-order chi connectivity index (χ1) is 7.43. The van der Waals surface area contributed by atoms with E-state index in [9.17, 15) is 0 Å². The van der Waals surface area contributed by atoms with Crippen molar-refractivity contribution < 1.29 is 0 Å². The molecule has 2 rings (SSSR count). The standard InChI is InChI=1S/C10H14BrN5/c1-5-8(11)7(3)16(14-5)10-9(12)6(2)13-15(10)4/h12H2,1-4H3. The lowest BCUT2D eigenvalue weighted by Gasteiger charge is -2.05. The number of halogens is 1. The zero-order valence-corrected chi connectivity index (χ0v) is 11.3. The molecule has 0 fully saturated rings. The molecule has 0 aliphatic rings. The molecule has 0 unspecified atom stereocenters. The topological polar surface area (TPSA) is 61.7 Å². The van der Waals surface area contributed by atoms with Gasteiger partial charge in [-0.1, -0.05) is 0 Å². The van der Waals surface area contributed by atoms with Crippen molar-refractivity contribution in [3.8, 4) is 5.82 Å². The van der Waals surface area contributed by atoms with Gasteiger partial charge in [-0.3, -0.25) is 0 Å². The largest absolute Gasteiger partial charge is 0.394 e. The molecule has 5 nitrogen and oxygen atoms in total. The van der Waals surface area contributed by atoms with E-state index in [2.05, 4.69) is 26.1 Å². The number of nitrogens with two attached hydrogens (primary N) is 1. The molecule has 0 aliphatic heterocycles. The Morgan fingerprint density at radius 2 is 1.75 bits per heavy atom. The molecule has 6 heteroatoms. The summed E-state index contributed by atoms with van der Waals surface area (Å²) in [7, 11) is 1.86. The number of nitrogen functional groups attached to an aromatic ring is 1. The molecule has 0 aliphatic carbocycles. The van der Waals surface area contributed by atoms with Gasteiger partial charge in [-0.25, -0.2) is 9.36 Å². The van der Waals surface area contributed by atoms with Crippen LogP contribution < -0.4 is 5.73 Å². The maximum Gasteiger partial charge on any atom is 0.175 e. The first-order valence-corrected chi connectivity index (χ1v) is 5.74. The molecule has 2 aromatic rings. The predicted octanol–water partition coefficient (Wildman–Crippen LogP) is 1.88. The van der Waals surface area contributed by atoms with Crippen LogP contribution in [0, 0.1) is 20.8 Å². The lowest BCUT2D eigenvalue weighted by molar-refractivity contribution is 0.683. The molecule has 0 radical (unpaired) electrons. The fraction of sp³-hybridized carbons (Fsp3) is 0.400. The molecule has 16 heavy (non-hydrogen) atoms. The van der Waals surface area contributed by atoms with E-state index in [0.717, 1.165) is 27.4 Å². The van der Waals surface area contributed by atoms with Gasteiger partial charge >= 0.3 is 0 Å². The van der Waals surface area contributed by atoms with Gasteiger partial charge in [-0.2, -0.15) is 10.2 Å². The Hall–Kier alpha value is -1.30. The smallest absolute Gasteiger partial charge is 0.175 e. The van der Waals surface area contributed by atoms with Crippen LogP contribution in [0.1, 0.15) is 17.1 Å². The molecule has 0 saturated heterocycles. The average Bonchev–Trinajstić information content (AvgIpc) is 2.60. The Kier molecular flexibility index (Phi) is 2.53. The predicted molar refractivity (Wildman–Crippen MR) is 66.7 cm³/mol. The number of hydrogen-bond acceptors (Lipinski definition) is 3. The Morgan fingerprint density at radius 1 is 1.12 bits per heavy atom. The molecular formula is C10H14BrN5. The molecule has 0 atom stereocenters. The molecule has 2 heterocycles. The summed E-state index contributed by atoms with van der Waals surface area (Å²) in [5, 5.41) is 8.73. The Balaban J connectivity index is 2.72. The Bertz CT molecular complexity index is 552. The second kappa shape index (κ2) is 3.62. The monoisotopic (exact) mass is 283 g/mol. The molecule has 86 valence electrons. The number of hydrogen-bond donors (Lipinski definition) is 1. The van der Waals surface area contributed by atoms with Crippen LogP contribution in [0.25, 0.3) is 5.82 Å². The number of aryl methyl sites for hydroxylation is 3. The van der Waals surface area contributed by atoms with Gasteiger partial charge in [-0.15, -0.1) is 0 Å². The summed E-state index contributed by atoms with van der Waals surface area (Å²) in [6.07, 6.45) is 0. The van der Waals surface area contributed by atoms with E-state index in [0.29, 0.717) is 5.69 Å². The Labute approximate surface area is 102 Å². The molecule has 0 bridgehead atoms. The highest BCUT2D eigenvalue weighted by atomic mass is 79.9. The lowest BCUT2D eigenvalue weighted by Crippen LogP contribution is -2.08. The van der Waals surface area contributed by atoms with E-state index in [-0.39, 0.29) is 0 Å². The van der Waals surface area contributed by atoms with Crippen LogP contribution in [0.15, 0.2) is 4.47 Å². The zero-order chi connectivity index (χ0) is 12.0. The van der Waals surface area contributed by atoms with Crippen LogP contribution in [0.5, 0.6) is 0 Å². The summed E-state index contributed by atoms with van der Waals surface area (Å²) in [6, 6.07) is 0. The van der Waals surface area contributed by atoms with Crippen molar-refractivity contribution in [2.75, 3.05) is 5.73 Å². The van der Waals surface area contributed by atoms with Gasteiger partial charge < -0.3 is 5.73 Å². The van der Waals surface area contributed by atoms with Crippen molar-refractivity contribution in [3.05, 3.63) is 21.6 Å². The highest BCUT2D eigenvalue weighted by Crippen LogP contribution is 2.26. The minimum Gasteiger partial charge on any atom is -0.394 e. The first-order valence-electron chi connectivity index (χ1n) is 4.94. The highest BCUT2D eigenvalue weighted by molar-refractivity contribution is 9.10. The van der Waals surface area contributed by atoms with Crippen molar-refractivity contribution in [1.29, 1.82) is 0 Å². The number of nitrogens with zero attached hydrogens (tertiary/aromatic N) is 4. The fourth-order valence-electron chi connectivity index (χ4n) is 1.74. The lowest BCUT2D eigenvalue weighted by atomic mass is 10.3. The van der Waals surface area contributed by atoms with E-state index in [1.807, 2.05) is 32.5 Å². The summed E-state index contributed by atoms with van der Waals surface area (Å²) in [6.45, 7) is 5.83. The normalized spacial score (nSPS) is 11.1. The SMILES string of the molecule is Cc1nn(C)c(-n2nc(C)c(Br)c2C)c1N. The minimum absolute atomic E-state index is 0.667. The van der Waals surface area contributed by atoms with Crippen molar-refractivity contribution in [3.63, 3.8) is 0 Å². The van der Waals surface area contributed by atoms with Gasteiger partial charge in [-0.05, 0) is 36.7 Å². The number of rotatable bonds is 1. The van der Waals surface area contributed by atoms with Gasteiger partial charge in [0.2, 0.25) is 0 Å². The third-order valence-electron chi connectivity index (χ3n) is 2.64. The van der Waals surface area contributed by atoms with Crippen LogP contribution in [-0.4, -0.2) is 19.6 Å². The molecule has 0 saturated carbocycles. The fourth-order valence-corrected chi connectivity index (χ4v) is 1.99. The van der Waals surface area contributed by atoms with Crippen LogP contribution in [0.2, 0.25) is 0 Å². The average molecular weight is 284 g/mol. The summed E-state index contributed by atoms with van der Waals surface area (Å²) in [4.78, 5) is 0. The molecule has 0 spiro atoms. The van der Waals surface area contributed by atoms with Crippen LogP contribution in [-0.2, 0) is 7.05 Å². The maximum atomic E-state index is 6.00. The maximum absolute atomic E-state index is 6.00. The van der Waals surface area contributed by atoms with Crippen molar-refractivity contribution in [2.24, 2.45) is 7.05 Å². The van der Waals surface area contributed by atoms with Crippen LogP contribution in [0.4, 0.5) is 5.69 Å². The summed E-state index contributed by atoms with van der Waals surface area (Å²) < 4.78 is 4.57. The number of aromatic nitrogens is 4. The van der Waals surface area contributed by atoms with E-state index in [4.69, 9.17) is 5.73 Å². The molecule has 2 aromatic heterocycles. The van der Waals surface area contributed by atoms with E-state index >= 15 is 0 Å². The van der Waals surface area contributed by atoms with E-state index < -0.39 is 0 Å². The van der Waals surface area contributed by atoms with Gasteiger partial charge in [0.1, 0.15) is 0 Å². The quantitative estimate of drug-likeness (QED) is 0.869.